The van der Waals surface area contributed by atoms with Crippen molar-refractivity contribution in [3.05, 3.63) is 75.3 Å². The molecule has 0 aliphatic heterocycles. The second-order valence-corrected chi connectivity index (χ2v) is 10.5. The lowest BCUT2D eigenvalue weighted by Crippen LogP contribution is -2.11. The Labute approximate surface area is 221 Å². The fourth-order valence-electron chi connectivity index (χ4n) is 3.33. The molecule has 0 saturated heterocycles. The molecule has 3 aromatic rings. The molecule has 0 N–H and O–H groups in total. The molecule has 3 rings (SSSR count). The number of aromatic nitrogens is 1. The van der Waals surface area contributed by atoms with Crippen molar-refractivity contribution in [2.75, 3.05) is 12.4 Å². The summed E-state index contributed by atoms with van der Waals surface area (Å²) in [5, 5.41) is 9.39. The minimum Gasteiger partial charge on any atom is -0.493 e. The number of ether oxygens (including phenoxy) is 1. The Kier molecular flexibility index (Phi) is 9.20. The van der Waals surface area contributed by atoms with Crippen molar-refractivity contribution < 1.29 is 22.7 Å². The maximum Gasteiger partial charge on any atom is 0.417 e. The van der Waals surface area contributed by atoms with Gasteiger partial charge in [-0.3, -0.25) is 4.79 Å². The van der Waals surface area contributed by atoms with E-state index in [0.29, 0.717) is 29.4 Å². The molecule has 1 aromatic heterocycles. The standard InChI is InChI=1S/C27H24BrF3N2O2S/c1-16(2)10-11-35-25-9-6-19(12-17(25)3)23-13-22(27(29,30)31)21(14-32)26(33-23)36-15-24(34)18-4-7-20(28)8-5-18/h4-9,12-13,16H,10-11,15H2,1-3H3. The van der Waals surface area contributed by atoms with Crippen molar-refractivity contribution in [2.24, 2.45) is 5.92 Å². The zero-order valence-electron chi connectivity index (χ0n) is 19.9. The lowest BCUT2D eigenvalue weighted by Gasteiger charge is -2.15. The maximum atomic E-state index is 13.9. The summed E-state index contributed by atoms with van der Waals surface area (Å²) in [6.45, 7) is 6.54. The number of aryl methyl sites for hydroxylation is 1. The highest BCUT2D eigenvalue weighted by atomic mass is 79.9. The van der Waals surface area contributed by atoms with Gasteiger partial charge in [0.25, 0.3) is 0 Å². The van der Waals surface area contributed by atoms with Crippen molar-refractivity contribution in [2.45, 2.75) is 38.4 Å². The number of hydrogen-bond acceptors (Lipinski definition) is 5. The van der Waals surface area contributed by atoms with Gasteiger partial charge < -0.3 is 4.74 Å². The highest BCUT2D eigenvalue weighted by Gasteiger charge is 2.36. The second kappa shape index (κ2) is 11.9. The summed E-state index contributed by atoms with van der Waals surface area (Å²) >= 11 is 4.12. The van der Waals surface area contributed by atoms with Crippen LogP contribution in [0.5, 0.6) is 5.75 Å². The largest absolute Gasteiger partial charge is 0.493 e. The molecule has 0 aliphatic rings. The first kappa shape index (κ1) is 27.8. The van der Waals surface area contributed by atoms with Crippen LogP contribution in [0.2, 0.25) is 0 Å². The van der Waals surface area contributed by atoms with Crippen LogP contribution in [-0.4, -0.2) is 23.1 Å². The third-order valence-electron chi connectivity index (χ3n) is 5.33. The van der Waals surface area contributed by atoms with Crippen LogP contribution in [0.25, 0.3) is 11.3 Å². The van der Waals surface area contributed by atoms with Gasteiger partial charge in [0.15, 0.2) is 5.78 Å². The molecule has 0 radical (unpaired) electrons. The normalized spacial score (nSPS) is 11.4. The number of Topliss-reactive ketones (excluding diaryl/α,β-unsaturated/α-hetero) is 1. The lowest BCUT2D eigenvalue weighted by molar-refractivity contribution is -0.138. The van der Waals surface area contributed by atoms with Crippen molar-refractivity contribution in [3.63, 3.8) is 0 Å². The Morgan fingerprint density at radius 1 is 1.17 bits per heavy atom. The SMILES string of the molecule is Cc1cc(-c2cc(C(F)(F)F)c(C#N)c(SCC(=O)c3ccc(Br)cc3)n2)ccc1OCCC(C)C. The molecule has 0 atom stereocenters. The van der Waals surface area contributed by atoms with Gasteiger partial charge in [0, 0.05) is 15.6 Å². The Morgan fingerprint density at radius 2 is 1.86 bits per heavy atom. The number of carbonyl (C=O) groups excluding carboxylic acids is 1. The summed E-state index contributed by atoms with van der Waals surface area (Å²) in [6.07, 6.45) is -3.88. The number of alkyl halides is 3. The minimum absolute atomic E-state index is 0.0664. The number of nitrogens with zero attached hydrogens (tertiary/aromatic N) is 2. The van der Waals surface area contributed by atoms with Crippen LogP contribution < -0.4 is 4.74 Å². The number of halogens is 4. The highest BCUT2D eigenvalue weighted by Crippen LogP contribution is 2.38. The maximum absolute atomic E-state index is 13.9. The first-order valence-corrected chi connectivity index (χ1v) is 12.9. The van der Waals surface area contributed by atoms with Crippen LogP contribution in [0, 0.1) is 24.2 Å². The molecule has 9 heteroatoms. The van der Waals surface area contributed by atoms with E-state index in [1.165, 1.54) is 0 Å². The number of ketones is 1. The fourth-order valence-corrected chi connectivity index (χ4v) is 4.50. The van der Waals surface area contributed by atoms with E-state index in [1.54, 1.807) is 48.5 Å². The van der Waals surface area contributed by atoms with Crippen molar-refractivity contribution >= 4 is 33.5 Å². The number of pyridine rings is 1. The van der Waals surface area contributed by atoms with E-state index in [1.807, 2.05) is 6.92 Å². The van der Waals surface area contributed by atoms with Crippen LogP contribution in [0.1, 0.15) is 47.3 Å². The molecule has 4 nitrogen and oxygen atoms in total. The number of hydrogen-bond donors (Lipinski definition) is 0. The van der Waals surface area contributed by atoms with E-state index >= 15 is 0 Å². The molecule has 0 unspecified atom stereocenters. The van der Waals surface area contributed by atoms with Gasteiger partial charge in [0.2, 0.25) is 0 Å². The average molecular weight is 577 g/mol. The van der Waals surface area contributed by atoms with Crippen LogP contribution in [0.4, 0.5) is 13.2 Å². The number of rotatable bonds is 9. The lowest BCUT2D eigenvalue weighted by atomic mass is 10.0. The third kappa shape index (κ3) is 7.11. The summed E-state index contributed by atoms with van der Waals surface area (Å²) in [7, 11) is 0. The van der Waals surface area contributed by atoms with E-state index in [9.17, 15) is 23.2 Å². The third-order valence-corrected chi connectivity index (χ3v) is 6.84. The van der Waals surface area contributed by atoms with Crippen molar-refractivity contribution in [1.82, 2.24) is 4.98 Å². The Morgan fingerprint density at radius 3 is 2.44 bits per heavy atom. The van der Waals surface area contributed by atoms with E-state index in [-0.39, 0.29) is 22.3 Å². The van der Waals surface area contributed by atoms with Gasteiger partial charge in [-0.1, -0.05) is 53.7 Å². The molecule has 2 aromatic carbocycles. The molecular weight excluding hydrogens is 553 g/mol. The second-order valence-electron chi connectivity index (χ2n) is 8.57. The summed E-state index contributed by atoms with van der Waals surface area (Å²) < 4.78 is 48.2. The number of thioether (sulfide) groups is 1. The van der Waals surface area contributed by atoms with E-state index in [2.05, 4.69) is 34.8 Å². The van der Waals surface area contributed by atoms with Gasteiger partial charge in [-0.2, -0.15) is 18.4 Å². The van der Waals surface area contributed by atoms with Crippen molar-refractivity contribution in [1.29, 1.82) is 5.26 Å². The zero-order chi connectivity index (χ0) is 26.5. The Bertz CT molecular complexity index is 1290. The summed E-state index contributed by atoms with van der Waals surface area (Å²) in [5.41, 5.74) is 0.0286. The molecule has 1 heterocycles. The summed E-state index contributed by atoms with van der Waals surface area (Å²) in [5.74, 6) is 0.695. The molecule has 0 fully saturated rings. The highest BCUT2D eigenvalue weighted by molar-refractivity contribution is 9.10. The average Bonchev–Trinajstić information content (AvgIpc) is 2.82. The van der Waals surface area contributed by atoms with E-state index in [0.717, 1.165) is 34.3 Å². The van der Waals surface area contributed by atoms with E-state index < -0.39 is 17.3 Å². The van der Waals surface area contributed by atoms with Crippen LogP contribution in [0.3, 0.4) is 0 Å². The molecule has 0 aliphatic carbocycles. The summed E-state index contributed by atoms with van der Waals surface area (Å²) in [6, 6.07) is 14.2. The number of nitriles is 1. The first-order valence-electron chi connectivity index (χ1n) is 11.2. The van der Waals surface area contributed by atoms with Crippen LogP contribution in [0.15, 0.2) is 58.0 Å². The molecule has 188 valence electrons. The molecule has 0 amide bonds. The minimum atomic E-state index is -4.76. The monoisotopic (exact) mass is 576 g/mol. The molecule has 36 heavy (non-hydrogen) atoms. The molecule has 0 spiro atoms. The number of carbonyl (C=O) groups is 1. The van der Waals surface area contributed by atoms with Crippen LogP contribution in [-0.2, 0) is 6.18 Å². The predicted molar refractivity (Wildman–Crippen MR) is 138 cm³/mol. The molecular formula is C27H24BrF3N2O2S. The predicted octanol–water partition coefficient (Wildman–Crippen LogP) is 8.11. The Hall–Kier alpha value is -2.83. The molecule has 0 bridgehead atoms. The smallest absolute Gasteiger partial charge is 0.417 e. The fraction of sp³-hybridized carbons (Fsp3) is 0.296. The van der Waals surface area contributed by atoms with Gasteiger partial charge in [-0.15, -0.1) is 0 Å². The van der Waals surface area contributed by atoms with Gasteiger partial charge in [0.05, 0.1) is 29.2 Å². The van der Waals surface area contributed by atoms with Gasteiger partial charge in [-0.25, -0.2) is 4.98 Å². The Balaban J connectivity index is 1.95. The first-order chi connectivity index (χ1) is 17.0. The van der Waals surface area contributed by atoms with Gasteiger partial charge >= 0.3 is 6.18 Å². The zero-order valence-corrected chi connectivity index (χ0v) is 22.4. The van der Waals surface area contributed by atoms with Gasteiger partial charge in [-0.05, 0) is 61.2 Å². The quantitative estimate of drug-likeness (QED) is 0.190. The summed E-state index contributed by atoms with van der Waals surface area (Å²) in [4.78, 5) is 17.0. The van der Waals surface area contributed by atoms with E-state index in [4.69, 9.17) is 4.74 Å². The number of benzene rings is 2. The van der Waals surface area contributed by atoms with Crippen molar-refractivity contribution in [3.8, 4) is 23.1 Å². The topological polar surface area (TPSA) is 63.0 Å². The van der Waals surface area contributed by atoms with Crippen LogP contribution >= 0.6 is 27.7 Å². The molecule has 0 saturated carbocycles. The van der Waals surface area contributed by atoms with Gasteiger partial charge in [0.1, 0.15) is 16.8 Å².